The number of nitrogens with zero attached hydrogens (tertiary/aromatic N) is 1. The van der Waals surface area contributed by atoms with Gasteiger partial charge in [0.2, 0.25) is 11.8 Å². The molecular formula is C27H45N3O5. The van der Waals surface area contributed by atoms with Crippen LogP contribution in [0.3, 0.4) is 0 Å². The Kier molecular flexibility index (Phi) is 12.1. The number of alkyl carbamates (subject to hydrolysis) is 1. The molecule has 198 valence electrons. The van der Waals surface area contributed by atoms with Gasteiger partial charge in [0.25, 0.3) is 0 Å². The minimum atomic E-state index is -0.905. The van der Waals surface area contributed by atoms with Crippen LogP contribution in [-0.2, 0) is 14.3 Å². The van der Waals surface area contributed by atoms with E-state index in [1.54, 1.807) is 32.9 Å². The molecule has 0 aliphatic rings. The van der Waals surface area contributed by atoms with Crippen LogP contribution in [0.5, 0.6) is 5.75 Å². The molecule has 0 aliphatic heterocycles. The molecule has 0 radical (unpaired) electrons. The van der Waals surface area contributed by atoms with Crippen LogP contribution in [0.1, 0.15) is 92.7 Å². The Hall–Kier alpha value is -2.77. The summed E-state index contributed by atoms with van der Waals surface area (Å²) in [5.74, 6) is -0.445. The fourth-order valence-corrected chi connectivity index (χ4v) is 3.91. The molecule has 1 aromatic rings. The van der Waals surface area contributed by atoms with Gasteiger partial charge >= 0.3 is 6.09 Å². The summed E-state index contributed by atoms with van der Waals surface area (Å²) in [7, 11) is 0. The summed E-state index contributed by atoms with van der Waals surface area (Å²) in [6.07, 6.45) is 2.08. The Bertz CT molecular complexity index is 817. The molecule has 8 heteroatoms. The van der Waals surface area contributed by atoms with Crippen LogP contribution in [0, 0.1) is 5.92 Å². The molecule has 0 aliphatic carbocycles. The van der Waals surface area contributed by atoms with Gasteiger partial charge in [-0.15, -0.1) is 0 Å². The first-order valence-corrected chi connectivity index (χ1v) is 12.7. The third-order valence-corrected chi connectivity index (χ3v) is 5.32. The minimum absolute atomic E-state index is 0.0583. The predicted molar refractivity (Wildman–Crippen MR) is 138 cm³/mol. The Morgan fingerprint density at radius 3 is 2.09 bits per heavy atom. The zero-order valence-electron chi connectivity index (χ0n) is 22.7. The third kappa shape index (κ3) is 10.6. The first-order chi connectivity index (χ1) is 16.3. The molecule has 0 aromatic heterocycles. The van der Waals surface area contributed by atoms with Crippen LogP contribution in [0.4, 0.5) is 4.79 Å². The number of hydrogen-bond acceptors (Lipinski definition) is 5. The predicted octanol–water partition coefficient (Wildman–Crippen LogP) is 4.92. The number of phenolic OH excluding ortho intramolecular Hbond substituents is 1. The summed E-state index contributed by atoms with van der Waals surface area (Å²) in [6, 6.07) is 4.50. The summed E-state index contributed by atoms with van der Waals surface area (Å²) < 4.78 is 5.40. The van der Waals surface area contributed by atoms with Gasteiger partial charge in [-0.3, -0.25) is 9.59 Å². The lowest BCUT2D eigenvalue weighted by molar-refractivity contribution is -0.143. The van der Waals surface area contributed by atoms with Gasteiger partial charge in [0.15, 0.2) is 0 Å². The molecule has 0 heterocycles. The van der Waals surface area contributed by atoms with E-state index in [1.165, 1.54) is 17.0 Å². The summed E-state index contributed by atoms with van der Waals surface area (Å²) in [4.78, 5) is 41.5. The van der Waals surface area contributed by atoms with Crippen molar-refractivity contribution in [3.05, 3.63) is 29.8 Å². The Morgan fingerprint density at radius 2 is 1.60 bits per heavy atom. The molecule has 3 amide bonds. The van der Waals surface area contributed by atoms with Crippen molar-refractivity contribution < 1.29 is 24.2 Å². The van der Waals surface area contributed by atoms with Crippen molar-refractivity contribution in [1.82, 2.24) is 15.5 Å². The maximum absolute atomic E-state index is 13.9. The Balaban J connectivity index is 3.40. The molecule has 3 atom stereocenters. The van der Waals surface area contributed by atoms with Crippen molar-refractivity contribution in [2.75, 3.05) is 6.54 Å². The molecule has 3 unspecified atom stereocenters. The zero-order valence-corrected chi connectivity index (χ0v) is 22.7. The summed E-state index contributed by atoms with van der Waals surface area (Å²) in [6.45, 7) is 15.5. The zero-order chi connectivity index (χ0) is 26.8. The SMILES string of the molecule is CCCC(C)NC(=O)C(c1ccc(O)cc1)N(CCC)C(=O)C(CC(C)C)NC(=O)OC(C)(C)C. The van der Waals surface area contributed by atoms with E-state index >= 15 is 0 Å². The number of carbonyl (C=O) groups is 3. The first-order valence-electron chi connectivity index (χ1n) is 12.7. The van der Waals surface area contributed by atoms with Gasteiger partial charge in [-0.1, -0.05) is 46.2 Å². The second-order valence-electron chi connectivity index (χ2n) is 10.6. The van der Waals surface area contributed by atoms with Crippen LogP contribution in [0.15, 0.2) is 24.3 Å². The molecule has 1 aromatic carbocycles. The summed E-state index contributed by atoms with van der Waals surface area (Å²) in [5, 5.41) is 15.5. The molecule has 35 heavy (non-hydrogen) atoms. The molecule has 0 saturated carbocycles. The van der Waals surface area contributed by atoms with Gasteiger partial charge in [0, 0.05) is 12.6 Å². The maximum Gasteiger partial charge on any atom is 0.408 e. The van der Waals surface area contributed by atoms with E-state index in [0.29, 0.717) is 24.9 Å². The highest BCUT2D eigenvalue weighted by Crippen LogP contribution is 2.26. The van der Waals surface area contributed by atoms with Gasteiger partial charge in [-0.2, -0.15) is 0 Å². The average Bonchev–Trinajstić information content (AvgIpc) is 2.72. The molecule has 0 bridgehead atoms. The lowest BCUT2D eigenvalue weighted by Gasteiger charge is -2.35. The van der Waals surface area contributed by atoms with E-state index in [-0.39, 0.29) is 29.5 Å². The molecular weight excluding hydrogens is 446 g/mol. The standard InChI is InChI=1S/C27H45N3O5/c1-9-11-19(5)28-24(32)23(20-12-14-21(31)15-13-20)30(16-10-2)25(33)22(17-18(3)4)29-26(34)35-27(6,7)8/h12-15,18-19,22-23,31H,9-11,16-17H2,1-8H3,(H,28,32)(H,29,34). The molecule has 1 rings (SSSR count). The number of benzene rings is 1. The van der Waals surface area contributed by atoms with Crippen molar-refractivity contribution in [2.24, 2.45) is 5.92 Å². The summed E-state index contributed by atoms with van der Waals surface area (Å²) >= 11 is 0. The third-order valence-electron chi connectivity index (χ3n) is 5.32. The van der Waals surface area contributed by atoms with Gasteiger partial charge in [-0.05, 0) is 70.6 Å². The van der Waals surface area contributed by atoms with E-state index in [4.69, 9.17) is 4.74 Å². The number of aromatic hydroxyl groups is 1. The van der Waals surface area contributed by atoms with E-state index in [0.717, 1.165) is 12.8 Å². The lowest BCUT2D eigenvalue weighted by Crippen LogP contribution is -2.54. The number of hydrogen-bond donors (Lipinski definition) is 3. The number of phenols is 1. The fraction of sp³-hybridized carbons (Fsp3) is 0.667. The van der Waals surface area contributed by atoms with Crippen LogP contribution in [0.25, 0.3) is 0 Å². The first kappa shape index (κ1) is 30.3. The van der Waals surface area contributed by atoms with E-state index in [2.05, 4.69) is 10.6 Å². The molecule has 8 nitrogen and oxygen atoms in total. The quantitative estimate of drug-likeness (QED) is 0.385. The van der Waals surface area contributed by atoms with Crippen molar-refractivity contribution >= 4 is 17.9 Å². The van der Waals surface area contributed by atoms with E-state index < -0.39 is 23.8 Å². The van der Waals surface area contributed by atoms with Crippen LogP contribution >= 0.6 is 0 Å². The molecule has 0 spiro atoms. The second kappa shape index (κ2) is 14.0. The van der Waals surface area contributed by atoms with Crippen molar-refractivity contribution in [3.8, 4) is 5.75 Å². The highest BCUT2D eigenvalue weighted by atomic mass is 16.6. The van der Waals surface area contributed by atoms with Crippen LogP contribution < -0.4 is 10.6 Å². The van der Waals surface area contributed by atoms with Crippen LogP contribution in [0.2, 0.25) is 0 Å². The number of amides is 3. The van der Waals surface area contributed by atoms with Gasteiger partial charge in [-0.25, -0.2) is 4.79 Å². The van der Waals surface area contributed by atoms with Crippen molar-refractivity contribution in [3.63, 3.8) is 0 Å². The molecule has 0 fully saturated rings. The monoisotopic (exact) mass is 491 g/mol. The Morgan fingerprint density at radius 1 is 1.00 bits per heavy atom. The van der Waals surface area contributed by atoms with E-state index in [1.807, 2.05) is 34.6 Å². The number of ether oxygens (including phenoxy) is 1. The summed E-state index contributed by atoms with van der Waals surface area (Å²) in [5.41, 5.74) is -0.117. The highest BCUT2D eigenvalue weighted by molar-refractivity contribution is 5.92. The normalized spacial score (nSPS) is 14.1. The van der Waals surface area contributed by atoms with Crippen molar-refractivity contribution in [1.29, 1.82) is 0 Å². The topological polar surface area (TPSA) is 108 Å². The minimum Gasteiger partial charge on any atom is -0.508 e. The van der Waals surface area contributed by atoms with Gasteiger partial charge in [0.05, 0.1) is 0 Å². The smallest absolute Gasteiger partial charge is 0.408 e. The number of carbonyl (C=O) groups excluding carboxylic acids is 3. The highest BCUT2D eigenvalue weighted by Gasteiger charge is 2.36. The largest absolute Gasteiger partial charge is 0.508 e. The fourth-order valence-electron chi connectivity index (χ4n) is 3.91. The van der Waals surface area contributed by atoms with Gasteiger partial charge < -0.3 is 25.4 Å². The van der Waals surface area contributed by atoms with E-state index in [9.17, 15) is 19.5 Å². The average molecular weight is 492 g/mol. The van der Waals surface area contributed by atoms with Gasteiger partial charge in [0.1, 0.15) is 23.4 Å². The number of nitrogens with one attached hydrogen (secondary N) is 2. The molecule has 3 N–H and O–H groups in total. The second-order valence-corrected chi connectivity index (χ2v) is 10.6. The number of rotatable bonds is 12. The Labute approximate surface area is 210 Å². The van der Waals surface area contributed by atoms with Crippen LogP contribution in [-0.4, -0.2) is 52.1 Å². The lowest BCUT2D eigenvalue weighted by atomic mass is 9.98. The maximum atomic E-state index is 13.9. The van der Waals surface area contributed by atoms with Crippen molar-refractivity contribution in [2.45, 2.75) is 105 Å². The molecule has 0 saturated heterocycles.